The highest BCUT2D eigenvalue weighted by Crippen LogP contribution is 2.28. The molecule has 0 aromatic heterocycles. The molecule has 1 aromatic rings. The first-order valence-corrected chi connectivity index (χ1v) is 6.73. The molecule has 0 saturated carbocycles. The number of hydrogen-bond donors (Lipinski definition) is 1. The standard InChI is InChI=1S/C11H16N2O2S/c1-15-9-2-3-11(10(12)8-9)13-4-6-16(14)7-5-13/h2-3,8H,4-7,12H2,1H3. The molecule has 88 valence electrons. The van der Waals surface area contributed by atoms with Crippen molar-refractivity contribution in [3.63, 3.8) is 0 Å². The van der Waals surface area contributed by atoms with Gasteiger partial charge in [-0.3, -0.25) is 4.21 Å². The summed E-state index contributed by atoms with van der Waals surface area (Å²) < 4.78 is 16.4. The van der Waals surface area contributed by atoms with E-state index in [2.05, 4.69) is 4.90 Å². The Bertz CT molecular complexity index is 399. The molecule has 4 nitrogen and oxygen atoms in total. The second kappa shape index (κ2) is 4.74. The molecule has 0 bridgehead atoms. The molecule has 2 rings (SSSR count). The fourth-order valence-corrected chi connectivity index (χ4v) is 2.88. The third-order valence-electron chi connectivity index (χ3n) is 2.75. The normalized spacial score (nSPS) is 17.4. The van der Waals surface area contributed by atoms with E-state index in [-0.39, 0.29) is 0 Å². The van der Waals surface area contributed by atoms with Crippen LogP contribution in [-0.4, -0.2) is 35.9 Å². The van der Waals surface area contributed by atoms with Crippen molar-refractivity contribution < 1.29 is 8.95 Å². The number of nitrogens with zero attached hydrogens (tertiary/aromatic N) is 1. The summed E-state index contributed by atoms with van der Waals surface area (Å²) in [5.41, 5.74) is 7.69. The van der Waals surface area contributed by atoms with Gasteiger partial charge >= 0.3 is 0 Å². The zero-order chi connectivity index (χ0) is 11.5. The van der Waals surface area contributed by atoms with Crippen LogP contribution >= 0.6 is 0 Å². The summed E-state index contributed by atoms with van der Waals surface area (Å²) in [6, 6.07) is 5.68. The number of benzene rings is 1. The number of nitrogens with two attached hydrogens (primary N) is 1. The number of hydrogen-bond acceptors (Lipinski definition) is 4. The van der Waals surface area contributed by atoms with Gasteiger partial charge in [0.2, 0.25) is 0 Å². The van der Waals surface area contributed by atoms with Crippen LogP contribution in [0.3, 0.4) is 0 Å². The van der Waals surface area contributed by atoms with E-state index in [1.54, 1.807) is 7.11 Å². The summed E-state index contributed by atoms with van der Waals surface area (Å²) in [5, 5.41) is 0. The van der Waals surface area contributed by atoms with Crippen LogP contribution in [-0.2, 0) is 10.8 Å². The number of ether oxygens (including phenoxy) is 1. The highest BCUT2D eigenvalue weighted by Gasteiger charge is 2.17. The van der Waals surface area contributed by atoms with Gasteiger partial charge in [0, 0.05) is 41.5 Å². The zero-order valence-electron chi connectivity index (χ0n) is 9.31. The van der Waals surface area contributed by atoms with Crippen LogP contribution in [0.15, 0.2) is 18.2 Å². The molecule has 2 N–H and O–H groups in total. The number of anilines is 2. The van der Waals surface area contributed by atoms with Crippen LogP contribution in [0.5, 0.6) is 5.75 Å². The minimum atomic E-state index is -0.654. The molecule has 1 heterocycles. The summed E-state index contributed by atoms with van der Waals surface area (Å²) in [6.07, 6.45) is 0. The summed E-state index contributed by atoms with van der Waals surface area (Å²) in [6.45, 7) is 1.62. The average molecular weight is 240 g/mol. The van der Waals surface area contributed by atoms with Crippen LogP contribution in [0.1, 0.15) is 0 Å². The number of rotatable bonds is 2. The maximum atomic E-state index is 11.3. The zero-order valence-corrected chi connectivity index (χ0v) is 10.1. The van der Waals surface area contributed by atoms with Crippen LogP contribution in [0.2, 0.25) is 0 Å². The predicted molar refractivity (Wildman–Crippen MR) is 67.5 cm³/mol. The molecule has 0 amide bonds. The van der Waals surface area contributed by atoms with E-state index in [0.717, 1.165) is 36.0 Å². The molecular weight excluding hydrogens is 224 g/mol. The lowest BCUT2D eigenvalue weighted by atomic mass is 10.2. The molecule has 1 aliphatic rings. The second-order valence-corrected chi connectivity index (χ2v) is 5.46. The molecular formula is C11H16N2O2S. The van der Waals surface area contributed by atoms with Crippen molar-refractivity contribution in [1.82, 2.24) is 0 Å². The summed E-state index contributed by atoms with van der Waals surface area (Å²) >= 11 is 0. The van der Waals surface area contributed by atoms with E-state index in [1.807, 2.05) is 18.2 Å². The highest BCUT2D eigenvalue weighted by atomic mass is 32.2. The van der Waals surface area contributed by atoms with Crippen molar-refractivity contribution in [2.75, 3.05) is 42.3 Å². The average Bonchev–Trinajstić information content (AvgIpc) is 2.30. The Labute approximate surface area is 97.8 Å². The van der Waals surface area contributed by atoms with E-state index >= 15 is 0 Å². The topological polar surface area (TPSA) is 55.6 Å². The Morgan fingerprint density at radius 1 is 1.38 bits per heavy atom. The van der Waals surface area contributed by atoms with E-state index in [9.17, 15) is 4.21 Å². The van der Waals surface area contributed by atoms with E-state index < -0.39 is 10.8 Å². The van der Waals surface area contributed by atoms with Crippen LogP contribution in [0, 0.1) is 0 Å². The summed E-state index contributed by atoms with van der Waals surface area (Å²) in [7, 11) is 0.969. The molecule has 0 radical (unpaired) electrons. The van der Waals surface area contributed by atoms with E-state index in [4.69, 9.17) is 10.5 Å². The molecule has 1 aromatic carbocycles. The van der Waals surface area contributed by atoms with Crippen molar-refractivity contribution in [3.05, 3.63) is 18.2 Å². The summed E-state index contributed by atoms with van der Waals surface area (Å²) in [4.78, 5) is 2.18. The SMILES string of the molecule is COc1ccc(N2CCS(=O)CC2)c(N)c1. The van der Waals surface area contributed by atoms with Gasteiger partial charge in [-0.15, -0.1) is 0 Å². The molecule has 1 saturated heterocycles. The fourth-order valence-electron chi connectivity index (χ4n) is 1.83. The number of nitrogen functional groups attached to an aromatic ring is 1. The van der Waals surface area contributed by atoms with Crippen molar-refractivity contribution in [2.24, 2.45) is 0 Å². The van der Waals surface area contributed by atoms with Crippen molar-refractivity contribution in [3.8, 4) is 5.75 Å². The largest absolute Gasteiger partial charge is 0.497 e. The third kappa shape index (κ3) is 2.29. The van der Waals surface area contributed by atoms with Crippen molar-refractivity contribution >= 4 is 22.2 Å². The summed E-state index contributed by atoms with van der Waals surface area (Å²) in [5.74, 6) is 2.22. The second-order valence-electron chi connectivity index (χ2n) is 3.76. The first kappa shape index (κ1) is 11.3. The van der Waals surface area contributed by atoms with Gasteiger partial charge < -0.3 is 15.4 Å². The molecule has 16 heavy (non-hydrogen) atoms. The van der Waals surface area contributed by atoms with E-state index in [0.29, 0.717) is 5.69 Å². The Morgan fingerprint density at radius 2 is 2.06 bits per heavy atom. The van der Waals surface area contributed by atoms with Crippen molar-refractivity contribution in [1.29, 1.82) is 0 Å². The first-order valence-electron chi connectivity index (χ1n) is 5.24. The molecule has 0 spiro atoms. The quantitative estimate of drug-likeness (QED) is 0.779. The van der Waals surface area contributed by atoms with Crippen LogP contribution in [0.4, 0.5) is 11.4 Å². The van der Waals surface area contributed by atoms with Gasteiger partial charge in [0.15, 0.2) is 0 Å². The first-order chi connectivity index (χ1) is 7.70. The smallest absolute Gasteiger partial charge is 0.121 e. The molecule has 0 atom stereocenters. The Kier molecular flexibility index (Phi) is 3.33. The van der Waals surface area contributed by atoms with Gasteiger partial charge in [0.25, 0.3) is 0 Å². The highest BCUT2D eigenvalue weighted by molar-refractivity contribution is 7.85. The maximum absolute atomic E-state index is 11.3. The molecule has 0 unspecified atom stereocenters. The van der Waals surface area contributed by atoms with Gasteiger partial charge in [-0.2, -0.15) is 0 Å². The minimum absolute atomic E-state index is 0.654. The lowest BCUT2D eigenvalue weighted by Gasteiger charge is -2.29. The van der Waals surface area contributed by atoms with Gasteiger partial charge in [-0.1, -0.05) is 0 Å². The Morgan fingerprint density at radius 3 is 2.62 bits per heavy atom. The number of methoxy groups -OCH3 is 1. The lowest BCUT2D eigenvalue weighted by Crippen LogP contribution is -2.38. The molecule has 1 fully saturated rings. The third-order valence-corrected chi connectivity index (χ3v) is 4.03. The van der Waals surface area contributed by atoms with Gasteiger partial charge in [-0.05, 0) is 12.1 Å². The van der Waals surface area contributed by atoms with Crippen molar-refractivity contribution in [2.45, 2.75) is 0 Å². The molecule has 5 heteroatoms. The Hall–Kier alpha value is -1.23. The van der Waals surface area contributed by atoms with Crippen LogP contribution < -0.4 is 15.4 Å². The van der Waals surface area contributed by atoms with Crippen LogP contribution in [0.25, 0.3) is 0 Å². The molecule has 0 aliphatic carbocycles. The minimum Gasteiger partial charge on any atom is -0.497 e. The van der Waals surface area contributed by atoms with Gasteiger partial charge in [0.1, 0.15) is 5.75 Å². The monoisotopic (exact) mass is 240 g/mol. The van der Waals surface area contributed by atoms with Gasteiger partial charge in [0.05, 0.1) is 18.5 Å². The lowest BCUT2D eigenvalue weighted by molar-refractivity contribution is 0.415. The fraction of sp³-hybridized carbons (Fsp3) is 0.455. The van der Waals surface area contributed by atoms with Gasteiger partial charge in [-0.25, -0.2) is 0 Å². The maximum Gasteiger partial charge on any atom is 0.121 e. The predicted octanol–water partition coefficient (Wildman–Crippen LogP) is 0.846. The molecule has 1 aliphatic heterocycles. The Balaban J connectivity index is 2.17. The van der Waals surface area contributed by atoms with E-state index in [1.165, 1.54) is 0 Å².